The molecule has 1 aromatic heterocycles. The maximum Gasteiger partial charge on any atom is 0.320 e. The summed E-state index contributed by atoms with van der Waals surface area (Å²) in [6.07, 6.45) is 2.60. The third-order valence-electron chi connectivity index (χ3n) is 2.66. The summed E-state index contributed by atoms with van der Waals surface area (Å²) in [6, 6.07) is 1.98. The number of thiophene rings is 1. The number of aliphatic carboxylic acids is 1. The number of hydrogen-bond donors (Lipinski definition) is 2. The fourth-order valence-electron chi connectivity index (χ4n) is 1.87. The van der Waals surface area contributed by atoms with Gasteiger partial charge in [0.2, 0.25) is 0 Å². The van der Waals surface area contributed by atoms with E-state index >= 15 is 0 Å². The third kappa shape index (κ3) is 2.59. The molecule has 1 saturated heterocycles. The molecule has 2 unspecified atom stereocenters. The standard InChI is InChI=1S/C10H12BrNO2S/c11-7-3-4-15-9(7)5-6-1-2-8(12-6)10(13)14/h3-4,6,8,12H,1-2,5H2,(H,13,14). The normalized spacial score (nSPS) is 25.7. The lowest BCUT2D eigenvalue weighted by Gasteiger charge is -2.10. The van der Waals surface area contributed by atoms with Crippen molar-refractivity contribution in [3.8, 4) is 0 Å². The predicted molar refractivity (Wildman–Crippen MR) is 63.3 cm³/mol. The molecule has 0 saturated carbocycles. The van der Waals surface area contributed by atoms with Crippen LogP contribution in [-0.4, -0.2) is 23.2 Å². The SMILES string of the molecule is O=C(O)C1CCC(Cc2sccc2Br)N1. The zero-order chi connectivity index (χ0) is 10.8. The van der Waals surface area contributed by atoms with E-state index < -0.39 is 5.97 Å². The van der Waals surface area contributed by atoms with E-state index in [1.54, 1.807) is 11.3 Å². The first-order valence-electron chi connectivity index (χ1n) is 4.87. The lowest BCUT2D eigenvalue weighted by molar-refractivity contribution is -0.139. The fraction of sp³-hybridized carbons (Fsp3) is 0.500. The molecule has 1 aliphatic rings. The molecule has 82 valence electrons. The largest absolute Gasteiger partial charge is 0.480 e. The van der Waals surface area contributed by atoms with Crippen LogP contribution in [0.2, 0.25) is 0 Å². The highest BCUT2D eigenvalue weighted by Crippen LogP contribution is 2.26. The number of carboxylic acid groups (broad SMARTS) is 1. The molecular weight excluding hydrogens is 278 g/mol. The molecular formula is C10H12BrNO2S. The average molecular weight is 290 g/mol. The van der Waals surface area contributed by atoms with Crippen LogP contribution in [-0.2, 0) is 11.2 Å². The van der Waals surface area contributed by atoms with Crippen LogP contribution in [0.4, 0.5) is 0 Å². The first-order chi connectivity index (χ1) is 7.16. The minimum absolute atomic E-state index is 0.307. The van der Waals surface area contributed by atoms with Gasteiger partial charge in [-0.05, 0) is 46.6 Å². The van der Waals surface area contributed by atoms with Gasteiger partial charge < -0.3 is 10.4 Å². The van der Waals surface area contributed by atoms with Gasteiger partial charge in [0.05, 0.1) is 0 Å². The number of nitrogens with one attached hydrogen (secondary N) is 1. The van der Waals surface area contributed by atoms with Crippen molar-refractivity contribution in [2.45, 2.75) is 31.3 Å². The van der Waals surface area contributed by atoms with Crippen molar-refractivity contribution in [3.05, 3.63) is 20.8 Å². The highest BCUT2D eigenvalue weighted by molar-refractivity contribution is 9.10. The Hall–Kier alpha value is -0.390. The zero-order valence-electron chi connectivity index (χ0n) is 8.07. The van der Waals surface area contributed by atoms with Crippen molar-refractivity contribution in [3.63, 3.8) is 0 Å². The fourth-order valence-corrected chi connectivity index (χ4v) is 3.47. The molecule has 0 aliphatic carbocycles. The number of halogens is 1. The van der Waals surface area contributed by atoms with E-state index in [0.29, 0.717) is 6.04 Å². The maximum atomic E-state index is 10.7. The molecule has 0 amide bonds. The minimum atomic E-state index is -0.734. The van der Waals surface area contributed by atoms with E-state index in [2.05, 4.69) is 21.2 Å². The summed E-state index contributed by atoms with van der Waals surface area (Å²) in [7, 11) is 0. The summed E-state index contributed by atoms with van der Waals surface area (Å²) < 4.78 is 1.13. The molecule has 1 aliphatic heterocycles. The lowest BCUT2D eigenvalue weighted by atomic mass is 10.1. The molecule has 0 spiro atoms. The Balaban J connectivity index is 1.93. The van der Waals surface area contributed by atoms with Gasteiger partial charge >= 0.3 is 5.97 Å². The number of rotatable bonds is 3. The summed E-state index contributed by atoms with van der Waals surface area (Å²) >= 11 is 5.20. The van der Waals surface area contributed by atoms with Gasteiger partial charge in [-0.25, -0.2) is 0 Å². The molecule has 2 rings (SSSR count). The van der Waals surface area contributed by atoms with Crippen LogP contribution in [0.15, 0.2) is 15.9 Å². The van der Waals surface area contributed by atoms with E-state index in [1.165, 1.54) is 4.88 Å². The first-order valence-corrected chi connectivity index (χ1v) is 6.55. The van der Waals surface area contributed by atoms with E-state index in [9.17, 15) is 4.79 Å². The Labute approximate surface area is 101 Å². The Morgan fingerprint density at radius 3 is 3.00 bits per heavy atom. The molecule has 1 aromatic rings. The Bertz CT molecular complexity index is 366. The summed E-state index contributed by atoms with van der Waals surface area (Å²) in [4.78, 5) is 12.0. The molecule has 0 aromatic carbocycles. The van der Waals surface area contributed by atoms with E-state index in [4.69, 9.17) is 5.11 Å². The predicted octanol–water partition coefficient (Wildman–Crippen LogP) is 2.26. The van der Waals surface area contributed by atoms with Crippen LogP contribution < -0.4 is 5.32 Å². The van der Waals surface area contributed by atoms with Crippen molar-refractivity contribution < 1.29 is 9.90 Å². The zero-order valence-corrected chi connectivity index (χ0v) is 10.5. The second-order valence-corrected chi connectivity index (χ2v) is 5.58. The highest BCUT2D eigenvalue weighted by atomic mass is 79.9. The van der Waals surface area contributed by atoms with Crippen LogP contribution in [0.5, 0.6) is 0 Å². The van der Waals surface area contributed by atoms with Crippen molar-refractivity contribution >= 4 is 33.2 Å². The van der Waals surface area contributed by atoms with E-state index in [0.717, 1.165) is 23.7 Å². The van der Waals surface area contributed by atoms with E-state index in [1.807, 2.05) is 11.4 Å². The van der Waals surface area contributed by atoms with Crippen LogP contribution >= 0.6 is 27.3 Å². The van der Waals surface area contributed by atoms with Gasteiger partial charge in [0.15, 0.2) is 0 Å². The first kappa shape index (κ1) is 11.1. The van der Waals surface area contributed by atoms with Gasteiger partial charge in [0, 0.05) is 15.4 Å². The van der Waals surface area contributed by atoms with Crippen LogP contribution in [0.25, 0.3) is 0 Å². The van der Waals surface area contributed by atoms with Crippen LogP contribution in [0, 0.1) is 0 Å². The minimum Gasteiger partial charge on any atom is -0.480 e. The summed E-state index contributed by atoms with van der Waals surface area (Å²) in [5, 5.41) is 14.0. The van der Waals surface area contributed by atoms with Crippen molar-refractivity contribution in [2.24, 2.45) is 0 Å². The van der Waals surface area contributed by atoms with E-state index in [-0.39, 0.29) is 6.04 Å². The summed E-state index contributed by atoms with van der Waals surface area (Å²) in [6.45, 7) is 0. The smallest absolute Gasteiger partial charge is 0.320 e. The molecule has 3 nitrogen and oxygen atoms in total. The maximum absolute atomic E-state index is 10.7. The average Bonchev–Trinajstić information content (AvgIpc) is 2.77. The topological polar surface area (TPSA) is 49.3 Å². The van der Waals surface area contributed by atoms with Gasteiger partial charge in [-0.1, -0.05) is 0 Å². The van der Waals surface area contributed by atoms with Gasteiger partial charge in [-0.3, -0.25) is 4.79 Å². The molecule has 15 heavy (non-hydrogen) atoms. The quantitative estimate of drug-likeness (QED) is 0.897. The molecule has 1 fully saturated rings. The number of carbonyl (C=O) groups is 1. The molecule has 0 radical (unpaired) electrons. The third-order valence-corrected chi connectivity index (χ3v) is 4.61. The number of hydrogen-bond acceptors (Lipinski definition) is 3. The van der Waals surface area contributed by atoms with Crippen molar-refractivity contribution in [1.29, 1.82) is 0 Å². The highest BCUT2D eigenvalue weighted by Gasteiger charge is 2.29. The summed E-state index contributed by atoms with van der Waals surface area (Å²) in [5.41, 5.74) is 0. The van der Waals surface area contributed by atoms with Crippen molar-refractivity contribution in [1.82, 2.24) is 5.32 Å². The molecule has 2 heterocycles. The molecule has 2 atom stereocenters. The Morgan fingerprint density at radius 1 is 1.67 bits per heavy atom. The van der Waals surface area contributed by atoms with Crippen LogP contribution in [0.3, 0.4) is 0 Å². The monoisotopic (exact) mass is 289 g/mol. The molecule has 0 bridgehead atoms. The molecule has 2 N–H and O–H groups in total. The van der Waals surface area contributed by atoms with Crippen molar-refractivity contribution in [2.75, 3.05) is 0 Å². The van der Waals surface area contributed by atoms with Gasteiger partial charge in [0.1, 0.15) is 6.04 Å². The Morgan fingerprint density at radius 2 is 2.47 bits per heavy atom. The van der Waals surface area contributed by atoms with Gasteiger partial charge in [-0.2, -0.15) is 0 Å². The lowest BCUT2D eigenvalue weighted by Crippen LogP contribution is -2.36. The number of carboxylic acids is 1. The summed E-state index contributed by atoms with van der Waals surface area (Å²) in [5.74, 6) is -0.734. The second kappa shape index (κ2) is 4.63. The Kier molecular flexibility index (Phi) is 3.43. The van der Waals surface area contributed by atoms with Gasteiger partial charge in [0.25, 0.3) is 0 Å². The van der Waals surface area contributed by atoms with Crippen LogP contribution in [0.1, 0.15) is 17.7 Å². The molecule has 5 heteroatoms. The second-order valence-electron chi connectivity index (χ2n) is 3.73. The van der Waals surface area contributed by atoms with Gasteiger partial charge in [-0.15, -0.1) is 11.3 Å².